The fourth-order valence-corrected chi connectivity index (χ4v) is 2.69. The smallest absolute Gasteiger partial charge is 0.278 e. The molecule has 0 spiro atoms. The fraction of sp³-hybridized carbons (Fsp3) is 0.0526. The van der Waals surface area contributed by atoms with E-state index in [0.717, 1.165) is 0 Å². The van der Waals surface area contributed by atoms with Crippen LogP contribution in [-0.4, -0.2) is 17.0 Å². The van der Waals surface area contributed by atoms with Gasteiger partial charge in [-0.1, -0.05) is 24.3 Å². The highest BCUT2D eigenvalue weighted by Crippen LogP contribution is 2.35. The summed E-state index contributed by atoms with van der Waals surface area (Å²) >= 11 is 0. The number of rotatable bonds is 4. The summed E-state index contributed by atoms with van der Waals surface area (Å²) in [6.07, 6.45) is 0. The van der Waals surface area contributed by atoms with E-state index < -0.39 is 4.92 Å². The average molecular weight is 346 g/mol. The van der Waals surface area contributed by atoms with E-state index in [1.54, 1.807) is 55.6 Å². The van der Waals surface area contributed by atoms with Crippen LogP contribution in [0.15, 0.2) is 54.6 Å². The van der Waals surface area contributed by atoms with Gasteiger partial charge in [0.05, 0.1) is 23.3 Å². The Balaban J connectivity index is 2.27. The number of pyridine rings is 1. The minimum atomic E-state index is -0.476. The molecule has 0 fully saturated rings. The summed E-state index contributed by atoms with van der Waals surface area (Å²) in [6.45, 7) is 0. The van der Waals surface area contributed by atoms with Crippen molar-refractivity contribution in [3.8, 4) is 34.2 Å². The number of nitrogens with two attached hydrogens (primary N) is 1. The lowest BCUT2D eigenvalue weighted by Gasteiger charge is -2.11. The van der Waals surface area contributed by atoms with E-state index in [0.29, 0.717) is 28.1 Å². The van der Waals surface area contributed by atoms with Gasteiger partial charge in [0.25, 0.3) is 5.69 Å². The lowest BCUT2D eigenvalue weighted by Crippen LogP contribution is -2.01. The van der Waals surface area contributed by atoms with Gasteiger partial charge in [-0.25, -0.2) is 4.98 Å². The first kappa shape index (κ1) is 16.9. The number of hydrogen-bond acceptors (Lipinski definition) is 6. The molecule has 26 heavy (non-hydrogen) atoms. The van der Waals surface area contributed by atoms with E-state index in [-0.39, 0.29) is 17.1 Å². The van der Waals surface area contributed by atoms with Crippen LogP contribution in [0.1, 0.15) is 5.56 Å². The molecular formula is C19H14N4O3. The Kier molecular flexibility index (Phi) is 4.50. The van der Waals surface area contributed by atoms with Gasteiger partial charge in [0.15, 0.2) is 0 Å². The van der Waals surface area contributed by atoms with Crippen LogP contribution in [0, 0.1) is 21.4 Å². The van der Waals surface area contributed by atoms with E-state index >= 15 is 0 Å². The van der Waals surface area contributed by atoms with Crippen molar-refractivity contribution >= 4 is 11.5 Å². The summed E-state index contributed by atoms with van der Waals surface area (Å²) in [5.74, 6) is 0.634. The molecule has 128 valence electrons. The van der Waals surface area contributed by atoms with Gasteiger partial charge in [0.2, 0.25) is 0 Å². The summed E-state index contributed by atoms with van der Waals surface area (Å²) < 4.78 is 5.23. The molecule has 7 nitrogen and oxygen atoms in total. The molecular weight excluding hydrogens is 332 g/mol. The molecule has 0 aliphatic carbocycles. The summed E-state index contributed by atoms with van der Waals surface area (Å²) in [6, 6.07) is 17.1. The van der Waals surface area contributed by atoms with Crippen molar-refractivity contribution in [3.63, 3.8) is 0 Å². The lowest BCUT2D eigenvalue weighted by atomic mass is 9.98. The molecule has 0 unspecified atom stereocenters. The quantitative estimate of drug-likeness (QED) is 0.567. The predicted molar refractivity (Wildman–Crippen MR) is 97.4 cm³/mol. The number of anilines is 1. The monoisotopic (exact) mass is 346 g/mol. The van der Waals surface area contributed by atoms with E-state index in [1.807, 2.05) is 0 Å². The largest absolute Gasteiger partial charge is 0.497 e. The number of aromatic nitrogens is 1. The maximum absolute atomic E-state index is 11.3. The molecule has 1 aromatic heterocycles. The molecule has 2 aromatic carbocycles. The summed E-state index contributed by atoms with van der Waals surface area (Å²) in [5, 5.41) is 20.8. The van der Waals surface area contributed by atoms with E-state index in [4.69, 9.17) is 10.5 Å². The van der Waals surface area contributed by atoms with Crippen molar-refractivity contribution in [3.05, 3.63) is 70.3 Å². The highest BCUT2D eigenvalue weighted by atomic mass is 16.6. The Morgan fingerprint density at radius 2 is 1.92 bits per heavy atom. The van der Waals surface area contributed by atoms with E-state index in [2.05, 4.69) is 11.1 Å². The standard InChI is InChI=1S/C19H14N4O3/c1-26-13-6-4-5-12(9-13)15-10-17(22-19(21)16(15)11-20)14-7-2-3-8-18(14)23(24)25/h2-10H,1H3,(H2,21,22). The first-order chi connectivity index (χ1) is 12.5. The van der Waals surface area contributed by atoms with Gasteiger partial charge in [-0.05, 0) is 29.8 Å². The minimum Gasteiger partial charge on any atom is -0.497 e. The second-order valence-corrected chi connectivity index (χ2v) is 5.43. The van der Waals surface area contributed by atoms with E-state index in [1.165, 1.54) is 6.07 Å². The molecule has 0 bridgehead atoms. The number of para-hydroxylation sites is 1. The third-order valence-electron chi connectivity index (χ3n) is 3.92. The molecule has 0 saturated carbocycles. The maximum atomic E-state index is 11.3. The number of nitro groups is 1. The highest BCUT2D eigenvalue weighted by molar-refractivity contribution is 5.82. The predicted octanol–water partition coefficient (Wildman–Crippen LogP) is 3.79. The number of methoxy groups -OCH3 is 1. The van der Waals surface area contributed by atoms with Crippen molar-refractivity contribution in [1.29, 1.82) is 5.26 Å². The lowest BCUT2D eigenvalue weighted by molar-refractivity contribution is -0.384. The zero-order chi connectivity index (χ0) is 18.7. The molecule has 3 rings (SSSR count). The van der Waals surface area contributed by atoms with Crippen LogP contribution in [0.4, 0.5) is 11.5 Å². The number of benzene rings is 2. The van der Waals surface area contributed by atoms with Crippen LogP contribution in [0.2, 0.25) is 0 Å². The van der Waals surface area contributed by atoms with Gasteiger partial charge in [-0.15, -0.1) is 0 Å². The average Bonchev–Trinajstić information content (AvgIpc) is 2.67. The number of ether oxygens (including phenoxy) is 1. The van der Waals surface area contributed by atoms with Crippen molar-refractivity contribution < 1.29 is 9.66 Å². The zero-order valence-corrected chi connectivity index (χ0v) is 13.8. The zero-order valence-electron chi connectivity index (χ0n) is 13.8. The fourth-order valence-electron chi connectivity index (χ4n) is 2.69. The van der Waals surface area contributed by atoms with Crippen LogP contribution in [0.5, 0.6) is 5.75 Å². The molecule has 0 aliphatic heterocycles. The first-order valence-electron chi connectivity index (χ1n) is 7.64. The third-order valence-corrected chi connectivity index (χ3v) is 3.92. The molecule has 0 radical (unpaired) electrons. The van der Waals surface area contributed by atoms with Crippen LogP contribution < -0.4 is 10.5 Å². The Bertz CT molecular complexity index is 1040. The molecule has 0 atom stereocenters. The van der Waals surface area contributed by atoms with Gasteiger partial charge in [0, 0.05) is 11.6 Å². The van der Waals surface area contributed by atoms with Crippen molar-refractivity contribution in [1.82, 2.24) is 4.98 Å². The number of hydrogen-bond donors (Lipinski definition) is 1. The number of nitro benzene ring substituents is 1. The Morgan fingerprint density at radius 1 is 1.15 bits per heavy atom. The number of nitrogens with zero attached hydrogens (tertiary/aromatic N) is 3. The Hall–Kier alpha value is -3.92. The van der Waals surface area contributed by atoms with E-state index in [9.17, 15) is 15.4 Å². The normalized spacial score (nSPS) is 10.2. The molecule has 1 heterocycles. The summed E-state index contributed by atoms with van der Waals surface area (Å²) in [5.41, 5.74) is 7.99. The second-order valence-electron chi connectivity index (χ2n) is 5.43. The molecule has 3 aromatic rings. The van der Waals surface area contributed by atoms with Gasteiger partial charge in [-0.2, -0.15) is 5.26 Å². The second kappa shape index (κ2) is 6.91. The third kappa shape index (κ3) is 3.03. The van der Waals surface area contributed by atoms with Crippen LogP contribution in [0.25, 0.3) is 22.4 Å². The summed E-state index contributed by atoms with van der Waals surface area (Å²) in [7, 11) is 1.55. The molecule has 7 heteroatoms. The highest BCUT2D eigenvalue weighted by Gasteiger charge is 2.19. The van der Waals surface area contributed by atoms with Crippen molar-refractivity contribution in [2.24, 2.45) is 0 Å². The SMILES string of the molecule is COc1cccc(-c2cc(-c3ccccc3[N+](=O)[O-])nc(N)c2C#N)c1. The maximum Gasteiger partial charge on any atom is 0.278 e. The van der Waals surface area contributed by atoms with Crippen LogP contribution >= 0.6 is 0 Å². The molecule has 0 saturated heterocycles. The minimum absolute atomic E-state index is 0.0148. The molecule has 2 N–H and O–H groups in total. The van der Waals surface area contributed by atoms with Gasteiger partial charge >= 0.3 is 0 Å². The molecule has 0 amide bonds. The first-order valence-corrected chi connectivity index (χ1v) is 7.64. The summed E-state index contributed by atoms with van der Waals surface area (Å²) in [4.78, 5) is 15.0. The topological polar surface area (TPSA) is 115 Å². The number of nitrogen functional groups attached to an aromatic ring is 1. The Morgan fingerprint density at radius 3 is 2.62 bits per heavy atom. The van der Waals surface area contributed by atoms with Crippen molar-refractivity contribution in [2.45, 2.75) is 0 Å². The van der Waals surface area contributed by atoms with Crippen LogP contribution in [0.3, 0.4) is 0 Å². The van der Waals surface area contributed by atoms with Crippen LogP contribution in [-0.2, 0) is 0 Å². The number of nitriles is 1. The van der Waals surface area contributed by atoms with Crippen molar-refractivity contribution in [2.75, 3.05) is 12.8 Å². The van der Waals surface area contributed by atoms with Gasteiger partial charge in [0.1, 0.15) is 23.2 Å². The van der Waals surface area contributed by atoms with Gasteiger partial charge in [-0.3, -0.25) is 10.1 Å². The molecule has 0 aliphatic rings. The Labute approximate surface area is 149 Å². The van der Waals surface area contributed by atoms with Gasteiger partial charge < -0.3 is 10.5 Å².